The number of amides is 1. The standard InChI is InChI=1S/C22H32BN3O7/c1-13(25(2)3)17-8-14(10-24-17)9-19(27)26-11-16(12-26)33-18-5-4-15(6-7-23(31)32)21(28)20(18)22(29)30/h4-5,14,16-17,24,28,31-32H,1,6-12H2,2-3H3,(H,29,30)/t14-,17+/m0/s1. The van der Waals surface area contributed by atoms with Gasteiger partial charge in [-0.2, -0.15) is 0 Å². The van der Waals surface area contributed by atoms with Gasteiger partial charge < -0.3 is 40.1 Å². The maximum atomic E-state index is 12.6. The molecular weight excluding hydrogens is 429 g/mol. The number of nitrogens with zero attached hydrogens (tertiary/aromatic N) is 2. The first-order chi connectivity index (χ1) is 15.6. The molecule has 1 amide bonds. The molecule has 0 bridgehead atoms. The number of hydrogen-bond donors (Lipinski definition) is 5. The van der Waals surface area contributed by atoms with Crippen LogP contribution in [0.2, 0.25) is 6.32 Å². The van der Waals surface area contributed by atoms with Crippen LogP contribution >= 0.6 is 0 Å². The number of likely N-dealkylation sites (tertiary alicyclic amines) is 1. The SMILES string of the molecule is C=C([C@H]1C[C@@H](CC(=O)N2CC(Oc3ccc(CCB(O)O)c(O)c3C(=O)O)C2)CN1)N(C)C. The molecule has 2 saturated heterocycles. The van der Waals surface area contributed by atoms with Gasteiger partial charge in [-0.1, -0.05) is 12.6 Å². The third kappa shape index (κ3) is 5.98. The monoisotopic (exact) mass is 461 g/mol. The molecule has 2 heterocycles. The van der Waals surface area contributed by atoms with Crippen molar-refractivity contribution in [1.29, 1.82) is 0 Å². The van der Waals surface area contributed by atoms with E-state index in [1.54, 1.807) is 4.90 Å². The van der Waals surface area contributed by atoms with Crippen LogP contribution in [0.5, 0.6) is 11.5 Å². The summed E-state index contributed by atoms with van der Waals surface area (Å²) >= 11 is 0. The normalized spacial score (nSPS) is 20.3. The highest BCUT2D eigenvalue weighted by atomic mass is 16.5. The minimum atomic E-state index is -1.55. The molecule has 2 aliphatic heterocycles. The molecule has 0 saturated carbocycles. The molecule has 2 atom stereocenters. The van der Waals surface area contributed by atoms with Crippen molar-refractivity contribution in [3.8, 4) is 11.5 Å². The van der Waals surface area contributed by atoms with Gasteiger partial charge in [0.15, 0.2) is 0 Å². The quantitative estimate of drug-likeness (QED) is 0.308. The fourth-order valence-corrected chi connectivity index (χ4v) is 4.21. The summed E-state index contributed by atoms with van der Waals surface area (Å²) in [6.07, 6.45) is 1.00. The van der Waals surface area contributed by atoms with E-state index in [1.807, 2.05) is 19.0 Å². The van der Waals surface area contributed by atoms with Gasteiger partial charge in [0.1, 0.15) is 23.2 Å². The molecule has 1 aromatic rings. The zero-order valence-electron chi connectivity index (χ0n) is 19.0. The average Bonchev–Trinajstić information content (AvgIpc) is 3.16. The van der Waals surface area contributed by atoms with Gasteiger partial charge in [-0.25, -0.2) is 4.79 Å². The molecule has 180 valence electrons. The molecule has 3 rings (SSSR count). The molecular formula is C22H32BN3O7. The summed E-state index contributed by atoms with van der Waals surface area (Å²) in [7, 11) is 2.35. The summed E-state index contributed by atoms with van der Waals surface area (Å²) in [5.41, 5.74) is 0.922. The van der Waals surface area contributed by atoms with E-state index >= 15 is 0 Å². The van der Waals surface area contributed by atoms with E-state index in [0.717, 1.165) is 18.7 Å². The second-order valence-corrected chi connectivity index (χ2v) is 8.96. The number of hydrogen-bond acceptors (Lipinski definition) is 8. The maximum Gasteiger partial charge on any atom is 0.451 e. The summed E-state index contributed by atoms with van der Waals surface area (Å²) in [4.78, 5) is 28.0. The molecule has 5 N–H and O–H groups in total. The number of aromatic carboxylic acids is 1. The summed E-state index contributed by atoms with van der Waals surface area (Å²) in [6, 6.07) is 3.14. The molecule has 0 radical (unpaired) electrons. The molecule has 0 aromatic heterocycles. The van der Waals surface area contributed by atoms with Gasteiger partial charge in [-0.3, -0.25) is 4.79 Å². The number of likely N-dealkylation sites (N-methyl/N-ethyl adjacent to an activating group) is 1. The van der Waals surface area contributed by atoms with Crippen molar-refractivity contribution in [2.75, 3.05) is 33.7 Å². The van der Waals surface area contributed by atoms with Crippen LogP contribution in [0, 0.1) is 5.92 Å². The molecule has 33 heavy (non-hydrogen) atoms. The molecule has 10 nitrogen and oxygen atoms in total. The summed E-state index contributed by atoms with van der Waals surface area (Å²) < 4.78 is 5.77. The number of nitrogens with one attached hydrogen (secondary N) is 1. The fourth-order valence-electron chi connectivity index (χ4n) is 4.21. The van der Waals surface area contributed by atoms with Crippen LogP contribution in [-0.2, 0) is 11.2 Å². The van der Waals surface area contributed by atoms with Gasteiger partial charge in [-0.15, -0.1) is 0 Å². The van der Waals surface area contributed by atoms with Crippen LogP contribution in [-0.4, -0.2) is 94.9 Å². The Labute approximate surface area is 193 Å². The van der Waals surface area contributed by atoms with Crippen LogP contribution in [0.25, 0.3) is 0 Å². The number of benzene rings is 1. The van der Waals surface area contributed by atoms with Gasteiger partial charge in [-0.05, 0) is 43.3 Å². The zero-order valence-corrected chi connectivity index (χ0v) is 19.0. The lowest BCUT2D eigenvalue weighted by atomic mass is 9.82. The van der Waals surface area contributed by atoms with E-state index in [1.165, 1.54) is 12.1 Å². The smallest absolute Gasteiger partial charge is 0.451 e. The summed E-state index contributed by atoms with van der Waals surface area (Å²) in [5.74, 6) is -1.49. The van der Waals surface area contributed by atoms with Crippen molar-refractivity contribution in [3.05, 3.63) is 35.5 Å². The van der Waals surface area contributed by atoms with Gasteiger partial charge >= 0.3 is 13.1 Å². The van der Waals surface area contributed by atoms with E-state index in [0.29, 0.717) is 25.1 Å². The van der Waals surface area contributed by atoms with Crippen molar-refractivity contribution in [3.63, 3.8) is 0 Å². The van der Waals surface area contributed by atoms with Gasteiger partial charge in [0.25, 0.3) is 0 Å². The van der Waals surface area contributed by atoms with Crippen molar-refractivity contribution in [2.45, 2.75) is 37.7 Å². The Morgan fingerprint density at radius 3 is 2.61 bits per heavy atom. The van der Waals surface area contributed by atoms with Gasteiger partial charge in [0, 0.05) is 32.3 Å². The Kier molecular flexibility index (Phi) is 7.88. The number of phenols is 1. The Morgan fingerprint density at radius 1 is 1.30 bits per heavy atom. The molecule has 0 aliphatic carbocycles. The Morgan fingerprint density at radius 2 is 2.00 bits per heavy atom. The Balaban J connectivity index is 1.52. The first kappa shape index (κ1) is 24.9. The van der Waals surface area contributed by atoms with Gasteiger partial charge in [0.05, 0.1) is 13.1 Å². The van der Waals surface area contributed by atoms with Crippen LogP contribution in [0.4, 0.5) is 0 Å². The zero-order chi connectivity index (χ0) is 24.3. The minimum absolute atomic E-state index is 0.0235. The van der Waals surface area contributed by atoms with E-state index < -0.39 is 18.8 Å². The van der Waals surface area contributed by atoms with E-state index in [2.05, 4.69) is 11.9 Å². The Bertz CT molecular complexity index is 902. The molecule has 2 aliphatic rings. The van der Waals surface area contributed by atoms with Crippen LogP contribution in [0.1, 0.15) is 28.8 Å². The van der Waals surface area contributed by atoms with Crippen LogP contribution in [0.15, 0.2) is 24.4 Å². The largest absolute Gasteiger partial charge is 0.507 e. The van der Waals surface area contributed by atoms with Gasteiger partial charge in [0.2, 0.25) is 5.91 Å². The highest BCUT2D eigenvalue weighted by Crippen LogP contribution is 2.34. The van der Waals surface area contributed by atoms with Crippen molar-refractivity contribution < 1.29 is 34.6 Å². The summed E-state index contributed by atoms with van der Waals surface area (Å²) in [6.45, 7) is 5.55. The van der Waals surface area contributed by atoms with Crippen molar-refractivity contribution in [2.24, 2.45) is 5.92 Å². The predicted molar refractivity (Wildman–Crippen MR) is 122 cm³/mol. The third-order valence-electron chi connectivity index (χ3n) is 6.27. The predicted octanol–water partition coefficient (Wildman–Crippen LogP) is 0.139. The van der Waals surface area contributed by atoms with E-state index in [9.17, 15) is 19.8 Å². The van der Waals surface area contributed by atoms with E-state index in [-0.39, 0.29) is 48.0 Å². The number of aryl methyl sites for hydroxylation is 1. The highest BCUT2D eigenvalue weighted by Gasteiger charge is 2.36. The molecule has 0 spiro atoms. The highest BCUT2D eigenvalue weighted by molar-refractivity contribution is 6.41. The van der Waals surface area contributed by atoms with Crippen LogP contribution in [0.3, 0.4) is 0 Å². The number of carboxylic acids is 1. The number of carbonyl (C=O) groups excluding carboxylic acids is 1. The topological polar surface area (TPSA) is 143 Å². The number of carboxylic acid groups (broad SMARTS) is 1. The number of carbonyl (C=O) groups is 2. The fraction of sp³-hybridized carbons (Fsp3) is 0.545. The molecule has 2 fully saturated rings. The maximum absolute atomic E-state index is 12.6. The second-order valence-electron chi connectivity index (χ2n) is 8.96. The summed E-state index contributed by atoms with van der Waals surface area (Å²) in [5, 5.41) is 41.3. The first-order valence-corrected chi connectivity index (χ1v) is 11.0. The average molecular weight is 461 g/mol. The first-order valence-electron chi connectivity index (χ1n) is 11.0. The van der Waals surface area contributed by atoms with Crippen molar-refractivity contribution >= 4 is 19.0 Å². The molecule has 11 heteroatoms. The lowest BCUT2D eigenvalue weighted by Crippen LogP contribution is -2.56. The number of ether oxygens (including phenoxy) is 1. The lowest BCUT2D eigenvalue weighted by Gasteiger charge is -2.39. The second kappa shape index (κ2) is 10.5. The van der Waals surface area contributed by atoms with Crippen LogP contribution < -0.4 is 10.1 Å². The number of aromatic hydroxyl groups is 1. The Hall–Kier alpha value is -2.76. The van der Waals surface area contributed by atoms with Crippen molar-refractivity contribution in [1.82, 2.24) is 15.1 Å². The minimum Gasteiger partial charge on any atom is -0.507 e. The number of rotatable bonds is 10. The molecule has 1 aromatic carbocycles. The van der Waals surface area contributed by atoms with E-state index in [4.69, 9.17) is 14.8 Å². The lowest BCUT2D eigenvalue weighted by molar-refractivity contribution is -0.140. The molecule has 0 unspecified atom stereocenters. The third-order valence-corrected chi connectivity index (χ3v) is 6.27.